The first kappa shape index (κ1) is 14.1. The Morgan fingerprint density at radius 3 is 2.61 bits per heavy atom. The maximum atomic E-state index is 11.7. The summed E-state index contributed by atoms with van der Waals surface area (Å²) >= 11 is 1.69. The highest BCUT2D eigenvalue weighted by molar-refractivity contribution is 7.22. The van der Waals surface area contributed by atoms with Crippen LogP contribution in [0.5, 0.6) is 11.5 Å². The normalized spacial score (nSPS) is 12.6. The molecule has 0 N–H and O–H groups in total. The van der Waals surface area contributed by atoms with Crippen molar-refractivity contribution in [2.45, 2.75) is 6.92 Å². The van der Waals surface area contributed by atoms with E-state index in [0.29, 0.717) is 12.2 Å². The van der Waals surface area contributed by atoms with Crippen LogP contribution in [0.25, 0.3) is 20.5 Å². The lowest BCUT2D eigenvalue weighted by molar-refractivity contribution is 0.0526. The predicted molar refractivity (Wildman–Crippen MR) is 89.3 cm³/mol. The van der Waals surface area contributed by atoms with Crippen molar-refractivity contribution in [2.75, 3.05) is 13.4 Å². The van der Waals surface area contributed by atoms with Crippen LogP contribution in [0.2, 0.25) is 0 Å². The zero-order valence-corrected chi connectivity index (χ0v) is 13.3. The summed E-state index contributed by atoms with van der Waals surface area (Å²) in [4.78, 5) is 12.8. The molecule has 0 radical (unpaired) electrons. The minimum absolute atomic E-state index is 0.286. The van der Waals surface area contributed by atoms with Crippen molar-refractivity contribution in [3.8, 4) is 21.9 Å². The summed E-state index contributed by atoms with van der Waals surface area (Å²) in [6, 6.07) is 13.6. The maximum absolute atomic E-state index is 11.7. The molecule has 3 aromatic rings. The first-order chi connectivity index (χ1) is 11.2. The third kappa shape index (κ3) is 2.53. The molecule has 0 atom stereocenters. The molecular weight excluding hydrogens is 312 g/mol. The van der Waals surface area contributed by atoms with Gasteiger partial charge in [0.25, 0.3) is 0 Å². The average molecular weight is 326 g/mol. The van der Waals surface area contributed by atoms with E-state index in [1.54, 1.807) is 30.4 Å². The van der Waals surface area contributed by atoms with Gasteiger partial charge in [-0.05, 0) is 42.1 Å². The molecular formula is C18H14O4S. The summed E-state index contributed by atoms with van der Waals surface area (Å²) in [5.41, 5.74) is 1.64. The largest absolute Gasteiger partial charge is 0.462 e. The Balaban J connectivity index is 1.67. The molecule has 23 heavy (non-hydrogen) atoms. The third-order valence-electron chi connectivity index (χ3n) is 3.69. The Morgan fingerprint density at radius 2 is 1.87 bits per heavy atom. The molecule has 1 aliphatic rings. The van der Waals surface area contributed by atoms with Gasteiger partial charge in [-0.1, -0.05) is 12.1 Å². The molecule has 0 amide bonds. The fraction of sp³-hybridized carbons (Fsp3) is 0.167. The number of esters is 1. The van der Waals surface area contributed by atoms with Crippen molar-refractivity contribution in [3.05, 3.63) is 48.0 Å². The topological polar surface area (TPSA) is 44.8 Å². The zero-order chi connectivity index (χ0) is 15.8. The van der Waals surface area contributed by atoms with Gasteiger partial charge in [0.2, 0.25) is 6.79 Å². The van der Waals surface area contributed by atoms with Crippen LogP contribution in [0.4, 0.5) is 0 Å². The van der Waals surface area contributed by atoms with E-state index in [2.05, 4.69) is 6.07 Å². The lowest BCUT2D eigenvalue weighted by atomic mass is 10.1. The second kappa shape index (κ2) is 5.59. The van der Waals surface area contributed by atoms with E-state index in [9.17, 15) is 4.79 Å². The van der Waals surface area contributed by atoms with Crippen molar-refractivity contribution in [3.63, 3.8) is 0 Å². The number of fused-ring (bicyclic) bond motifs is 2. The Hall–Kier alpha value is -2.53. The van der Waals surface area contributed by atoms with Crippen LogP contribution in [-0.2, 0) is 4.74 Å². The Labute approximate surface area is 137 Å². The Kier molecular flexibility index (Phi) is 3.42. The second-order valence-electron chi connectivity index (χ2n) is 5.15. The molecule has 0 spiro atoms. The van der Waals surface area contributed by atoms with Crippen LogP contribution in [0.3, 0.4) is 0 Å². The van der Waals surface area contributed by atoms with Gasteiger partial charge < -0.3 is 14.2 Å². The summed E-state index contributed by atoms with van der Waals surface area (Å²) in [5.74, 6) is 1.30. The minimum Gasteiger partial charge on any atom is -0.462 e. The molecule has 2 aromatic carbocycles. The average Bonchev–Trinajstić information content (AvgIpc) is 3.18. The van der Waals surface area contributed by atoms with E-state index >= 15 is 0 Å². The van der Waals surface area contributed by atoms with Crippen LogP contribution in [0.1, 0.15) is 17.3 Å². The molecule has 1 aromatic heterocycles. The lowest BCUT2D eigenvalue weighted by Gasteiger charge is -2.02. The molecule has 4 nitrogen and oxygen atoms in total. The molecule has 0 saturated heterocycles. The molecule has 2 heterocycles. The van der Waals surface area contributed by atoms with Crippen molar-refractivity contribution in [1.29, 1.82) is 0 Å². The number of rotatable bonds is 3. The second-order valence-corrected chi connectivity index (χ2v) is 6.24. The van der Waals surface area contributed by atoms with Gasteiger partial charge in [-0.15, -0.1) is 11.3 Å². The van der Waals surface area contributed by atoms with E-state index in [0.717, 1.165) is 32.0 Å². The number of ether oxygens (including phenoxy) is 3. The number of carbonyl (C=O) groups excluding carboxylic acids is 1. The summed E-state index contributed by atoms with van der Waals surface area (Å²) in [6.07, 6.45) is 0. The smallest absolute Gasteiger partial charge is 0.338 e. The van der Waals surface area contributed by atoms with Crippen LogP contribution in [0.15, 0.2) is 42.5 Å². The molecule has 0 fully saturated rings. The summed E-state index contributed by atoms with van der Waals surface area (Å²) in [7, 11) is 0. The van der Waals surface area contributed by atoms with Gasteiger partial charge >= 0.3 is 5.97 Å². The molecule has 0 bridgehead atoms. The lowest BCUT2D eigenvalue weighted by Crippen LogP contribution is -2.03. The number of hydrogen-bond donors (Lipinski definition) is 0. The number of thiophene rings is 1. The van der Waals surface area contributed by atoms with Gasteiger partial charge in [-0.2, -0.15) is 0 Å². The number of carbonyl (C=O) groups is 1. The molecule has 116 valence electrons. The van der Waals surface area contributed by atoms with E-state index < -0.39 is 0 Å². The maximum Gasteiger partial charge on any atom is 0.338 e. The van der Waals surface area contributed by atoms with Gasteiger partial charge in [0.05, 0.1) is 12.2 Å². The van der Waals surface area contributed by atoms with E-state index in [4.69, 9.17) is 14.2 Å². The quantitative estimate of drug-likeness (QED) is 0.666. The molecule has 1 aliphatic heterocycles. The Bertz CT molecular complexity index is 839. The van der Waals surface area contributed by atoms with Gasteiger partial charge in [-0.3, -0.25) is 0 Å². The molecule has 4 rings (SSSR count). The van der Waals surface area contributed by atoms with Crippen molar-refractivity contribution in [1.82, 2.24) is 0 Å². The van der Waals surface area contributed by atoms with Gasteiger partial charge in [0.1, 0.15) is 0 Å². The highest BCUT2D eigenvalue weighted by atomic mass is 32.1. The highest BCUT2D eigenvalue weighted by Gasteiger charge is 2.16. The molecule has 0 saturated carbocycles. The van der Waals surface area contributed by atoms with E-state index in [1.807, 2.05) is 24.3 Å². The van der Waals surface area contributed by atoms with Crippen LogP contribution < -0.4 is 9.47 Å². The monoisotopic (exact) mass is 326 g/mol. The van der Waals surface area contributed by atoms with Gasteiger partial charge in [0.15, 0.2) is 11.5 Å². The van der Waals surface area contributed by atoms with E-state index in [-0.39, 0.29) is 12.8 Å². The minimum atomic E-state index is -0.291. The first-order valence-corrected chi connectivity index (χ1v) is 8.17. The zero-order valence-electron chi connectivity index (χ0n) is 12.5. The Morgan fingerprint density at radius 1 is 1.13 bits per heavy atom. The molecule has 5 heteroatoms. The summed E-state index contributed by atoms with van der Waals surface area (Å²) in [6.45, 7) is 2.47. The van der Waals surface area contributed by atoms with Gasteiger partial charge in [-0.25, -0.2) is 4.79 Å². The standard InChI is InChI=1S/C18H14O4S/c1-2-20-18(19)12-5-3-11(4-6-12)16-8-13-7-14-15(22-10-21-14)9-17(13)23-16/h3-9H,2,10H2,1H3. The van der Waals surface area contributed by atoms with Crippen LogP contribution in [0, 0.1) is 0 Å². The number of hydrogen-bond acceptors (Lipinski definition) is 5. The summed E-state index contributed by atoms with van der Waals surface area (Å²) in [5, 5.41) is 1.13. The SMILES string of the molecule is CCOC(=O)c1ccc(-c2cc3cc4c(cc3s2)OCO4)cc1. The van der Waals surface area contributed by atoms with Crippen LogP contribution in [-0.4, -0.2) is 19.4 Å². The fourth-order valence-corrected chi connectivity index (χ4v) is 3.64. The van der Waals surface area contributed by atoms with Gasteiger partial charge in [0, 0.05) is 15.6 Å². The first-order valence-electron chi connectivity index (χ1n) is 7.35. The van der Waals surface area contributed by atoms with Crippen molar-refractivity contribution in [2.24, 2.45) is 0 Å². The fourth-order valence-electron chi connectivity index (χ4n) is 2.56. The van der Waals surface area contributed by atoms with E-state index in [1.165, 1.54) is 0 Å². The third-order valence-corrected chi connectivity index (χ3v) is 4.84. The molecule has 0 aliphatic carbocycles. The van der Waals surface area contributed by atoms with Crippen LogP contribution >= 0.6 is 11.3 Å². The number of benzene rings is 2. The van der Waals surface area contributed by atoms with Crippen molar-refractivity contribution < 1.29 is 19.0 Å². The molecule has 0 unspecified atom stereocenters. The predicted octanol–water partition coefficient (Wildman–Crippen LogP) is 4.47. The summed E-state index contributed by atoms with van der Waals surface area (Å²) < 4.78 is 17.0. The van der Waals surface area contributed by atoms with Crippen molar-refractivity contribution >= 4 is 27.4 Å². The highest BCUT2D eigenvalue weighted by Crippen LogP contribution is 2.41.